The monoisotopic (exact) mass is 475 g/mol. The first-order chi connectivity index (χ1) is 16.5. The number of amides is 2. The van der Waals surface area contributed by atoms with Crippen LogP contribution in [0.2, 0.25) is 5.02 Å². The molecule has 0 bridgehead atoms. The molecule has 0 aliphatic carbocycles. The van der Waals surface area contributed by atoms with Crippen molar-refractivity contribution in [1.29, 1.82) is 0 Å². The van der Waals surface area contributed by atoms with Crippen LogP contribution in [0.15, 0.2) is 73.1 Å². The maximum absolute atomic E-state index is 13.9. The first-order valence-electron chi connectivity index (χ1n) is 11.4. The van der Waals surface area contributed by atoms with Gasteiger partial charge in [0.05, 0.1) is 13.2 Å². The molecule has 3 heterocycles. The molecule has 3 aromatic rings. The molecule has 2 atom stereocenters. The molecule has 34 heavy (non-hydrogen) atoms. The summed E-state index contributed by atoms with van der Waals surface area (Å²) in [6, 6.07) is 19.1. The molecular formula is C27H26ClN3O3. The number of morpholine rings is 1. The van der Waals surface area contributed by atoms with Gasteiger partial charge in [-0.05, 0) is 41.8 Å². The van der Waals surface area contributed by atoms with Gasteiger partial charge in [-0.2, -0.15) is 0 Å². The Balaban J connectivity index is 1.49. The lowest BCUT2D eigenvalue weighted by Gasteiger charge is -2.42. The highest BCUT2D eigenvalue weighted by Crippen LogP contribution is 2.43. The second-order valence-corrected chi connectivity index (χ2v) is 9.29. The largest absolute Gasteiger partial charge is 0.361 e. The SMILES string of the molecule is Cc1c(Cl)cccc1C(=O)N1CCOC2(C1)C(=O)N(Cc1cccnc1)CC2c1ccccc1. The van der Waals surface area contributed by atoms with E-state index >= 15 is 0 Å². The highest BCUT2D eigenvalue weighted by Gasteiger charge is 2.58. The molecule has 1 aromatic heterocycles. The Kier molecular flexibility index (Phi) is 6.11. The number of likely N-dealkylation sites (tertiary alicyclic amines) is 1. The lowest BCUT2D eigenvalue weighted by atomic mass is 9.83. The van der Waals surface area contributed by atoms with E-state index in [2.05, 4.69) is 4.98 Å². The van der Waals surface area contributed by atoms with Crippen LogP contribution in [-0.2, 0) is 16.1 Å². The van der Waals surface area contributed by atoms with Crippen LogP contribution >= 0.6 is 11.6 Å². The van der Waals surface area contributed by atoms with Gasteiger partial charge in [0.1, 0.15) is 0 Å². The van der Waals surface area contributed by atoms with Crippen molar-refractivity contribution in [3.63, 3.8) is 0 Å². The van der Waals surface area contributed by atoms with Crippen molar-refractivity contribution < 1.29 is 14.3 Å². The summed E-state index contributed by atoms with van der Waals surface area (Å²) in [6.45, 7) is 3.71. The fraction of sp³-hybridized carbons (Fsp3) is 0.296. The van der Waals surface area contributed by atoms with Crippen molar-refractivity contribution in [2.24, 2.45) is 0 Å². The van der Waals surface area contributed by atoms with Gasteiger partial charge in [-0.15, -0.1) is 0 Å². The molecule has 2 aliphatic rings. The predicted octanol–water partition coefficient (Wildman–Crippen LogP) is 4.08. The Morgan fingerprint density at radius 2 is 1.97 bits per heavy atom. The standard InChI is InChI=1S/C27H26ClN3O3/c1-19-22(10-5-11-24(19)28)25(32)30-13-14-34-27(18-30)23(21-8-3-2-4-9-21)17-31(26(27)33)16-20-7-6-12-29-15-20/h2-12,15,23H,13-14,16-18H2,1H3. The number of pyridine rings is 1. The van der Waals surface area contributed by atoms with Crippen LogP contribution in [0.1, 0.15) is 33.0 Å². The van der Waals surface area contributed by atoms with Crippen molar-refractivity contribution in [2.45, 2.75) is 25.0 Å². The summed E-state index contributed by atoms with van der Waals surface area (Å²) < 4.78 is 6.32. The van der Waals surface area contributed by atoms with Crippen LogP contribution in [0.3, 0.4) is 0 Å². The van der Waals surface area contributed by atoms with Gasteiger partial charge in [0.25, 0.3) is 11.8 Å². The van der Waals surface area contributed by atoms with Crippen molar-refractivity contribution >= 4 is 23.4 Å². The third-order valence-electron chi connectivity index (χ3n) is 6.85. The summed E-state index contributed by atoms with van der Waals surface area (Å²) in [7, 11) is 0. The molecule has 0 N–H and O–H groups in total. The molecule has 2 aromatic carbocycles. The number of hydrogen-bond donors (Lipinski definition) is 0. The van der Waals surface area contributed by atoms with Crippen molar-refractivity contribution in [1.82, 2.24) is 14.8 Å². The molecule has 5 rings (SSSR count). The van der Waals surface area contributed by atoms with Gasteiger partial charge in [0.2, 0.25) is 0 Å². The molecular weight excluding hydrogens is 450 g/mol. The molecule has 2 fully saturated rings. The summed E-state index contributed by atoms with van der Waals surface area (Å²) >= 11 is 6.28. The Labute approximate surface area is 204 Å². The molecule has 6 nitrogen and oxygen atoms in total. The highest BCUT2D eigenvalue weighted by molar-refractivity contribution is 6.31. The minimum Gasteiger partial charge on any atom is -0.361 e. The normalized spacial score (nSPS) is 22.4. The fourth-order valence-electron chi connectivity index (χ4n) is 5.05. The van der Waals surface area contributed by atoms with Crippen LogP contribution in [0.25, 0.3) is 0 Å². The maximum Gasteiger partial charge on any atom is 0.257 e. The van der Waals surface area contributed by atoms with Crippen molar-refractivity contribution in [3.05, 3.63) is 100 Å². The Morgan fingerprint density at radius 1 is 1.15 bits per heavy atom. The third kappa shape index (κ3) is 3.97. The zero-order valence-electron chi connectivity index (χ0n) is 19.0. The molecule has 174 valence electrons. The number of benzene rings is 2. The molecule has 0 radical (unpaired) electrons. The summed E-state index contributed by atoms with van der Waals surface area (Å²) in [6.07, 6.45) is 3.49. The van der Waals surface area contributed by atoms with E-state index in [1.165, 1.54) is 0 Å². The molecule has 2 unspecified atom stereocenters. The average molecular weight is 476 g/mol. The van der Waals surface area contributed by atoms with Crippen LogP contribution < -0.4 is 0 Å². The van der Waals surface area contributed by atoms with Gasteiger partial charge in [-0.3, -0.25) is 14.6 Å². The number of aromatic nitrogens is 1. The second kappa shape index (κ2) is 9.20. The number of ether oxygens (including phenoxy) is 1. The second-order valence-electron chi connectivity index (χ2n) is 8.89. The topological polar surface area (TPSA) is 62.7 Å². The van der Waals surface area contributed by atoms with Gasteiger partial charge >= 0.3 is 0 Å². The first-order valence-corrected chi connectivity index (χ1v) is 11.8. The predicted molar refractivity (Wildman–Crippen MR) is 130 cm³/mol. The Morgan fingerprint density at radius 3 is 2.74 bits per heavy atom. The van der Waals surface area contributed by atoms with E-state index in [1.54, 1.807) is 35.5 Å². The lowest BCUT2D eigenvalue weighted by Crippen LogP contribution is -2.59. The molecule has 1 spiro atoms. The van der Waals surface area contributed by atoms with E-state index in [0.29, 0.717) is 36.8 Å². The Bertz CT molecular complexity index is 1200. The molecule has 2 aliphatic heterocycles. The van der Waals surface area contributed by atoms with Gasteiger partial charge in [0.15, 0.2) is 5.60 Å². The third-order valence-corrected chi connectivity index (χ3v) is 7.25. The van der Waals surface area contributed by atoms with Crippen LogP contribution in [0.4, 0.5) is 0 Å². The number of hydrogen-bond acceptors (Lipinski definition) is 4. The number of rotatable bonds is 4. The number of carbonyl (C=O) groups excluding carboxylic acids is 2. The van der Waals surface area contributed by atoms with Gasteiger partial charge in [-0.25, -0.2) is 0 Å². The summed E-state index contributed by atoms with van der Waals surface area (Å²) in [5, 5.41) is 0.551. The van der Waals surface area contributed by atoms with E-state index in [4.69, 9.17) is 16.3 Å². The summed E-state index contributed by atoms with van der Waals surface area (Å²) in [4.78, 5) is 35.2. The quantitative estimate of drug-likeness (QED) is 0.570. The number of carbonyl (C=O) groups is 2. The summed E-state index contributed by atoms with van der Waals surface area (Å²) in [5.74, 6) is -0.424. The summed E-state index contributed by atoms with van der Waals surface area (Å²) in [5.41, 5.74) is 2.14. The molecule has 7 heteroatoms. The fourth-order valence-corrected chi connectivity index (χ4v) is 5.22. The van der Waals surface area contributed by atoms with E-state index in [0.717, 1.165) is 16.7 Å². The minimum absolute atomic E-state index is 0.0921. The van der Waals surface area contributed by atoms with Gasteiger partial charge in [0, 0.05) is 48.5 Å². The zero-order valence-corrected chi connectivity index (χ0v) is 19.7. The Hall–Kier alpha value is -3.22. The van der Waals surface area contributed by atoms with Crippen LogP contribution in [0.5, 0.6) is 0 Å². The highest BCUT2D eigenvalue weighted by atomic mass is 35.5. The van der Waals surface area contributed by atoms with Crippen LogP contribution in [0, 0.1) is 6.92 Å². The van der Waals surface area contributed by atoms with Gasteiger partial charge < -0.3 is 14.5 Å². The first kappa shape index (κ1) is 22.6. The number of halogens is 1. The van der Waals surface area contributed by atoms with E-state index in [-0.39, 0.29) is 24.3 Å². The minimum atomic E-state index is -1.13. The smallest absolute Gasteiger partial charge is 0.257 e. The van der Waals surface area contributed by atoms with E-state index < -0.39 is 5.60 Å². The lowest BCUT2D eigenvalue weighted by molar-refractivity contribution is -0.160. The number of nitrogens with zero attached hydrogens (tertiary/aromatic N) is 3. The molecule has 2 amide bonds. The molecule has 0 saturated carbocycles. The van der Waals surface area contributed by atoms with Crippen molar-refractivity contribution in [2.75, 3.05) is 26.2 Å². The zero-order chi connectivity index (χ0) is 23.7. The molecule has 2 saturated heterocycles. The van der Waals surface area contributed by atoms with Gasteiger partial charge in [-0.1, -0.05) is 54.1 Å². The maximum atomic E-state index is 13.9. The van der Waals surface area contributed by atoms with Crippen molar-refractivity contribution in [3.8, 4) is 0 Å². The average Bonchev–Trinajstić information content (AvgIpc) is 3.12. The van der Waals surface area contributed by atoms with E-state index in [1.807, 2.05) is 54.3 Å². The van der Waals surface area contributed by atoms with E-state index in [9.17, 15) is 9.59 Å². The van der Waals surface area contributed by atoms with Crippen LogP contribution in [-0.4, -0.2) is 58.4 Å².